The van der Waals surface area contributed by atoms with Crippen molar-refractivity contribution < 1.29 is 13.0 Å². The van der Waals surface area contributed by atoms with E-state index in [1.54, 1.807) is 12.1 Å². The highest BCUT2D eigenvalue weighted by Crippen LogP contribution is 2.27. The molecule has 3 nitrogen and oxygen atoms in total. The summed E-state index contributed by atoms with van der Waals surface area (Å²) in [4.78, 5) is -0.142. The molecule has 72 valence electrons. The summed E-state index contributed by atoms with van der Waals surface area (Å²) in [7, 11) is -4.37. The molecule has 0 aromatic heterocycles. The van der Waals surface area contributed by atoms with Gasteiger partial charge in [0, 0.05) is 11.6 Å². The molecule has 0 fully saturated rings. The van der Waals surface area contributed by atoms with E-state index in [2.05, 4.69) is 15.9 Å². The van der Waals surface area contributed by atoms with Gasteiger partial charge in [-0.1, -0.05) is 15.9 Å². The summed E-state index contributed by atoms with van der Waals surface area (Å²) in [5, 5.41) is 0. The molecule has 0 radical (unpaired) electrons. The Labute approximate surface area is 111 Å². The topological polar surface area (TPSA) is 57.2 Å². The van der Waals surface area contributed by atoms with Crippen LogP contribution in [0.3, 0.4) is 0 Å². The van der Waals surface area contributed by atoms with Gasteiger partial charge < -0.3 is 4.55 Å². The minimum absolute atomic E-state index is 0.142. The van der Waals surface area contributed by atoms with Crippen LogP contribution in [0.1, 0.15) is 0 Å². The third kappa shape index (κ3) is 3.01. The second kappa shape index (κ2) is 4.29. The largest absolute Gasteiger partial charge is 0.744 e. The predicted molar refractivity (Wildman–Crippen MR) is 67.5 cm³/mol. The lowest BCUT2D eigenvalue weighted by molar-refractivity contribution is 0.462. The molecule has 0 amide bonds. The van der Waals surface area contributed by atoms with Crippen molar-refractivity contribution in [1.29, 1.82) is 0 Å². The second-order valence-electron chi connectivity index (χ2n) is 2.15. The van der Waals surface area contributed by atoms with Crippen molar-refractivity contribution in [1.82, 2.24) is 0 Å². The lowest BCUT2D eigenvalue weighted by Crippen LogP contribution is -2.04. The molecule has 0 saturated carbocycles. The second-order valence-corrected chi connectivity index (χ2v) is 6.71. The van der Waals surface area contributed by atoms with Crippen LogP contribution in [0.4, 0.5) is 0 Å². The fourth-order valence-electron chi connectivity index (χ4n) is 0.768. The molecule has 0 heterocycles. The van der Waals surface area contributed by atoms with E-state index in [1.165, 1.54) is 0 Å². The van der Waals surface area contributed by atoms with Crippen molar-refractivity contribution in [3.8, 4) is 0 Å². The zero-order valence-corrected chi connectivity index (χ0v) is 12.6. The Morgan fingerprint density at radius 2 is 1.62 bits per heavy atom. The summed E-state index contributed by atoms with van der Waals surface area (Å²) >= 11 is 6.85. The van der Waals surface area contributed by atoms with Gasteiger partial charge in [0.05, 0.1) is 4.90 Å². The molecule has 0 saturated heterocycles. The minimum atomic E-state index is -4.37. The third-order valence-corrected chi connectivity index (χ3v) is 5.04. The van der Waals surface area contributed by atoms with Crippen LogP contribution in [0, 0.1) is 7.14 Å². The molecule has 13 heavy (non-hydrogen) atoms. The van der Waals surface area contributed by atoms with Gasteiger partial charge in [-0.05, 0) is 57.3 Å². The molecule has 0 spiro atoms. The van der Waals surface area contributed by atoms with Gasteiger partial charge in [-0.25, -0.2) is 8.42 Å². The van der Waals surface area contributed by atoms with E-state index in [0.717, 1.165) is 4.47 Å². The van der Waals surface area contributed by atoms with Gasteiger partial charge in [-0.2, -0.15) is 0 Å². The van der Waals surface area contributed by atoms with Gasteiger partial charge in [0.25, 0.3) is 0 Å². The van der Waals surface area contributed by atoms with Crippen LogP contribution in [0.5, 0.6) is 0 Å². The van der Waals surface area contributed by atoms with E-state index >= 15 is 0 Å². The Balaban J connectivity index is 3.57. The van der Waals surface area contributed by atoms with E-state index in [4.69, 9.17) is 0 Å². The van der Waals surface area contributed by atoms with Crippen LogP contribution in [-0.4, -0.2) is 13.0 Å². The number of hydrogen-bond donors (Lipinski definition) is 0. The molecule has 0 unspecified atom stereocenters. The fraction of sp³-hybridized carbons (Fsp3) is 0. The highest BCUT2D eigenvalue weighted by Gasteiger charge is 2.12. The first-order chi connectivity index (χ1) is 5.82. The maximum atomic E-state index is 10.8. The summed E-state index contributed by atoms with van der Waals surface area (Å²) < 4.78 is 34.0. The van der Waals surface area contributed by atoms with Crippen molar-refractivity contribution in [3.05, 3.63) is 23.7 Å². The smallest absolute Gasteiger partial charge is 0.126 e. The summed E-state index contributed by atoms with van der Waals surface area (Å²) in [5.74, 6) is 0. The van der Waals surface area contributed by atoms with Gasteiger partial charge in [-0.15, -0.1) is 0 Å². The summed E-state index contributed by atoms with van der Waals surface area (Å²) in [6.45, 7) is 0. The van der Waals surface area contributed by atoms with Crippen LogP contribution < -0.4 is 0 Å². The van der Waals surface area contributed by atoms with E-state index in [-0.39, 0.29) is 4.90 Å². The van der Waals surface area contributed by atoms with Crippen LogP contribution in [0.2, 0.25) is 0 Å². The summed E-state index contributed by atoms with van der Waals surface area (Å²) in [6.07, 6.45) is 0. The fourth-order valence-corrected chi connectivity index (χ4v) is 6.06. The number of hydrogen-bond acceptors (Lipinski definition) is 3. The first-order valence-corrected chi connectivity index (χ1v) is 7.28. The highest BCUT2D eigenvalue weighted by molar-refractivity contribution is 14.1. The van der Waals surface area contributed by atoms with Crippen LogP contribution in [0.25, 0.3) is 0 Å². The first kappa shape index (κ1) is 12.1. The quantitative estimate of drug-likeness (QED) is 0.452. The standard InChI is InChI=1S/C6H3BrI2O3S/c7-3-1-4(8)6(5(9)2-3)13(10,11)12/h1-2H,(H,10,11,12)/p-1. The van der Waals surface area contributed by atoms with E-state index in [1.807, 2.05) is 45.2 Å². The molecular weight excluding hydrogens is 486 g/mol. The maximum Gasteiger partial charge on any atom is 0.126 e. The van der Waals surface area contributed by atoms with Crippen molar-refractivity contribution in [2.24, 2.45) is 0 Å². The molecule has 0 aliphatic rings. The molecule has 7 heteroatoms. The molecular formula is C6H2BrI2O3S-. The Morgan fingerprint density at radius 3 is 1.92 bits per heavy atom. The Kier molecular flexibility index (Phi) is 4.01. The first-order valence-electron chi connectivity index (χ1n) is 2.93. The van der Waals surface area contributed by atoms with Crippen molar-refractivity contribution >= 4 is 71.2 Å². The molecule has 0 atom stereocenters. The summed E-state index contributed by atoms with van der Waals surface area (Å²) in [5.41, 5.74) is 0. The molecule has 1 aromatic carbocycles. The number of halogens is 3. The SMILES string of the molecule is O=S(=O)([O-])c1c(I)cc(Br)cc1I. The lowest BCUT2D eigenvalue weighted by atomic mass is 10.4. The van der Waals surface area contributed by atoms with Crippen LogP contribution in [-0.2, 0) is 10.1 Å². The van der Waals surface area contributed by atoms with E-state index in [9.17, 15) is 13.0 Å². The normalized spacial score (nSPS) is 11.7. The number of rotatable bonds is 1. The van der Waals surface area contributed by atoms with E-state index < -0.39 is 10.1 Å². The Bertz CT molecular complexity index is 420. The van der Waals surface area contributed by atoms with Crippen molar-refractivity contribution in [3.63, 3.8) is 0 Å². The van der Waals surface area contributed by atoms with Gasteiger partial charge in [0.2, 0.25) is 0 Å². The molecule has 1 rings (SSSR count). The van der Waals surface area contributed by atoms with E-state index in [0.29, 0.717) is 7.14 Å². The van der Waals surface area contributed by atoms with Gasteiger partial charge in [0.1, 0.15) is 10.1 Å². The lowest BCUT2D eigenvalue weighted by Gasteiger charge is -2.11. The van der Waals surface area contributed by atoms with Crippen LogP contribution in [0.15, 0.2) is 21.5 Å². The Morgan fingerprint density at radius 1 is 1.23 bits per heavy atom. The predicted octanol–water partition coefficient (Wildman–Crippen LogP) is 2.56. The minimum Gasteiger partial charge on any atom is -0.744 e. The molecule has 0 aliphatic carbocycles. The van der Waals surface area contributed by atoms with Gasteiger partial charge in [-0.3, -0.25) is 0 Å². The summed E-state index contributed by atoms with van der Waals surface area (Å²) in [6, 6.07) is 3.18. The van der Waals surface area contributed by atoms with Gasteiger partial charge >= 0.3 is 0 Å². The average molecular weight is 488 g/mol. The highest BCUT2D eigenvalue weighted by atomic mass is 127. The molecule has 0 aliphatic heterocycles. The van der Waals surface area contributed by atoms with Gasteiger partial charge in [0.15, 0.2) is 0 Å². The maximum absolute atomic E-state index is 10.8. The zero-order valence-electron chi connectivity index (χ0n) is 5.92. The van der Waals surface area contributed by atoms with Crippen molar-refractivity contribution in [2.45, 2.75) is 4.90 Å². The molecule has 0 bridgehead atoms. The Hall–Kier alpha value is 1.07. The third-order valence-electron chi connectivity index (χ3n) is 1.21. The molecule has 0 N–H and O–H groups in total. The zero-order chi connectivity index (χ0) is 10.2. The number of benzene rings is 1. The van der Waals surface area contributed by atoms with Crippen LogP contribution >= 0.6 is 61.1 Å². The monoisotopic (exact) mass is 487 g/mol. The average Bonchev–Trinajstić information content (AvgIpc) is 1.78. The molecule has 1 aromatic rings. The van der Waals surface area contributed by atoms with Crippen molar-refractivity contribution in [2.75, 3.05) is 0 Å².